The minimum Gasteiger partial charge on any atom is -0.496 e. The van der Waals surface area contributed by atoms with Gasteiger partial charge in [-0.3, -0.25) is 4.79 Å². The van der Waals surface area contributed by atoms with Crippen molar-refractivity contribution in [3.05, 3.63) is 65.2 Å². The number of carbonyl (C=O) groups is 1. The first-order valence-electron chi connectivity index (χ1n) is 6.50. The standard InChI is InChI=1S/C17H17NO3/c1-21-17-10-12(2-4-14(17)11-19)3-9-16(20)13-5-7-15(18)8-6-13/h2-10,19H,11,18H2,1H3/b9-3+. The Balaban J connectivity index is 2.17. The molecule has 0 atom stereocenters. The van der Waals surface area contributed by atoms with E-state index in [2.05, 4.69) is 0 Å². The molecule has 0 saturated heterocycles. The quantitative estimate of drug-likeness (QED) is 0.502. The number of hydrogen-bond acceptors (Lipinski definition) is 4. The lowest BCUT2D eigenvalue weighted by molar-refractivity contribution is 0.104. The second kappa shape index (κ2) is 6.72. The van der Waals surface area contributed by atoms with Crippen LogP contribution in [0.3, 0.4) is 0 Å². The first-order valence-corrected chi connectivity index (χ1v) is 6.50. The molecule has 2 rings (SSSR count). The molecule has 0 aliphatic rings. The molecule has 0 bridgehead atoms. The van der Waals surface area contributed by atoms with Crippen LogP contribution in [-0.4, -0.2) is 18.0 Å². The number of allylic oxidation sites excluding steroid dienone is 1. The largest absolute Gasteiger partial charge is 0.496 e. The molecule has 21 heavy (non-hydrogen) atoms. The highest BCUT2D eigenvalue weighted by molar-refractivity contribution is 6.06. The summed E-state index contributed by atoms with van der Waals surface area (Å²) in [7, 11) is 1.54. The van der Waals surface area contributed by atoms with E-state index in [4.69, 9.17) is 15.6 Å². The predicted octanol–water partition coefficient (Wildman–Crippen LogP) is 2.67. The van der Waals surface area contributed by atoms with Crippen LogP contribution in [0.15, 0.2) is 48.5 Å². The smallest absolute Gasteiger partial charge is 0.185 e. The zero-order valence-electron chi connectivity index (χ0n) is 11.7. The lowest BCUT2D eigenvalue weighted by Gasteiger charge is -2.06. The van der Waals surface area contributed by atoms with Gasteiger partial charge in [-0.25, -0.2) is 0 Å². The van der Waals surface area contributed by atoms with Crippen LogP contribution in [-0.2, 0) is 6.61 Å². The second-order valence-electron chi connectivity index (χ2n) is 4.55. The van der Waals surface area contributed by atoms with E-state index in [1.807, 2.05) is 6.07 Å². The number of carbonyl (C=O) groups excluding carboxylic acids is 1. The van der Waals surface area contributed by atoms with Gasteiger partial charge in [0.25, 0.3) is 0 Å². The van der Waals surface area contributed by atoms with E-state index in [-0.39, 0.29) is 12.4 Å². The summed E-state index contributed by atoms with van der Waals surface area (Å²) in [5, 5.41) is 9.17. The number of aliphatic hydroxyl groups is 1. The van der Waals surface area contributed by atoms with E-state index >= 15 is 0 Å². The van der Waals surface area contributed by atoms with Gasteiger partial charge in [-0.15, -0.1) is 0 Å². The number of ketones is 1. The topological polar surface area (TPSA) is 72.5 Å². The van der Waals surface area contributed by atoms with Gasteiger partial charge in [0.2, 0.25) is 0 Å². The number of aliphatic hydroxyl groups excluding tert-OH is 1. The van der Waals surface area contributed by atoms with Gasteiger partial charge in [0, 0.05) is 16.8 Å². The van der Waals surface area contributed by atoms with Crippen molar-refractivity contribution in [3.8, 4) is 5.75 Å². The van der Waals surface area contributed by atoms with Crippen molar-refractivity contribution in [1.29, 1.82) is 0 Å². The Labute approximate surface area is 123 Å². The number of benzene rings is 2. The maximum Gasteiger partial charge on any atom is 0.185 e. The third-order valence-electron chi connectivity index (χ3n) is 3.10. The summed E-state index contributed by atoms with van der Waals surface area (Å²) in [5.74, 6) is 0.500. The molecule has 0 fully saturated rings. The Kier molecular flexibility index (Phi) is 4.74. The summed E-state index contributed by atoms with van der Waals surface area (Å²) in [4.78, 5) is 12.0. The Hall–Kier alpha value is -2.59. The first kappa shape index (κ1) is 14.8. The molecule has 4 heteroatoms. The van der Waals surface area contributed by atoms with Crippen LogP contribution in [0.1, 0.15) is 21.5 Å². The van der Waals surface area contributed by atoms with E-state index in [1.54, 1.807) is 49.6 Å². The van der Waals surface area contributed by atoms with Crippen molar-refractivity contribution in [3.63, 3.8) is 0 Å². The Morgan fingerprint density at radius 3 is 2.57 bits per heavy atom. The predicted molar refractivity (Wildman–Crippen MR) is 83.1 cm³/mol. The van der Waals surface area contributed by atoms with Crippen LogP contribution in [0.5, 0.6) is 5.75 Å². The summed E-state index contributed by atoms with van der Waals surface area (Å²) in [5.41, 5.74) is 8.33. The average Bonchev–Trinajstić information content (AvgIpc) is 2.52. The van der Waals surface area contributed by atoms with E-state index in [1.165, 1.54) is 6.08 Å². The van der Waals surface area contributed by atoms with Crippen LogP contribution in [0.4, 0.5) is 5.69 Å². The molecule has 0 aliphatic heterocycles. The summed E-state index contributed by atoms with van der Waals surface area (Å²) >= 11 is 0. The minimum atomic E-state index is -0.0970. The van der Waals surface area contributed by atoms with Gasteiger partial charge in [-0.1, -0.05) is 18.2 Å². The maximum atomic E-state index is 12.0. The Bertz CT molecular complexity index is 660. The van der Waals surface area contributed by atoms with Crippen LogP contribution in [0, 0.1) is 0 Å². The number of ether oxygens (including phenoxy) is 1. The molecule has 0 unspecified atom stereocenters. The number of nitrogens with two attached hydrogens (primary N) is 1. The fourth-order valence-corrected chi connectivity index (χ4v) is 1.91. The van der Waals surface area contributed by atoms with E-state index in [0.29, 0.717) is 22.6 Å². The fourth-order valence-electron chi connectivity index (χ4n) is 1.91. The summed E-state index contributed by atoms with van der Waals surface area (Å²) in [6.07, 6.45) is 3.21. The molecule has 0 aromatic heterocycles. The molecule has 0 aliphatic carbocycles. The highest BCUT2D eigenvalue weighted by Crippen LogP contribution is 2.21. The lowest BCUT2D eigenvalue weighted by Crippen LogP contribution is -1.95. The zero-order chi connectivity index (χ0) is 15.2. The van der Waals surface area contributed by atoms with Crippen molar-refractivity contribution >= 4 is 17.5 Å². The van der Waals surface area contributed by atoms with E-state index < -0.39 is 0 Å². The third-order valence-corrected chi connectivity index (χ3v) is 3.10. The average molecular weight is 283 g/mol. The molecule has 3 N–H and O–H groups in total. The van der Waals surface area contributed by atoms with Crippen molar-refractivity contribution in [2.75, 3.05) is 12.8 Å². The molecule has 2 aromatic rings. The van der Waals surface area contributed by atoms with Crippen molar-refractivity contribution < 1.29 is 14.6 Å². The van der Waals surface area contributed by atoms with Crippen molar-refractivity contribution in [1.82, 2.24) is 0 Å². The minimum absolute atomic E-state index is 0.0858. The normalized spacial score (nSPS) is 10.8. The number of hydrogen-bond donors (Lipinski definition) is 2. The van der Waals surface area contributed by atoms with Crippen molar-refractivity contribution in [2.24, 2.45) is 0 Å². The zero-order valence-corrected chi connectivity index (χ0v) is 11.7. The van der Waals surface area contributed by atoms with Crippen molar-refractivity contribution in [2.45, 2.75) is 6.61 Å². The van der Waals surface area contributed by atoms with Gasteiger partial charge in [-0.2, -0.15) is 0 Å². The maximum absolute atomic E-state index is 12.0. The van der Waals surface area contributed by atoms with E-state index in [9.17, 15) is 4.79 Å². The lowest BCUT2D eigenvalue weighted by atomic mass is 10.1. The summed E-state index contributed by atoms with van der Waals surface area (Å²) in [6, 6.07) is 12.1. The second-order valence-corrected chi connectivity index (χ2v) is 4.55. The van der Waals surface area contributed by atoms with Gasteiger partial charge >= 0.3 is 0 Å². The highest BCUT2D eigenvalue weighted by atomic mass is 16.5. The molecule has 0 saturated carbocycles. The number of nitrogen functional groups attached to an aromatic ring is 1. The molecule has 0 amide bonds. The summed E-state index contributed by atoms with van der Waals surface area (Å²) < 4.78 is 5.19. The molecule has 0 heterocycles. The van der Waals surface area contributed by atoms with Gasteiger partial charge in [-0.05, 0) is 42.0 Å². The third kappa shape index (κ3) is 3.70. The SMILES string of the molecule is COc1cc(/C=C/C(=O)c2ccc(N)cc2)ccc1CO. The van der Waals surface area contributed by atoms with Crippen LogP contribution in [0.25, 0.3) is 6.08 Å². The van der Waals surface area contributed by atoms with Gasteiger partial charge in [0.15, 0.2) is 5.78 Å². The van der Waals surface area contributed by atoms with Crippen LogP contribution in [0.2, 0.25) is 0 Å². The Morgan fingerprint density at radius 2 is 1.95 bits per heavy atom. The molecule has 4 nitrogen and oxygen atoms in total. The molecule has 108 valence electrons. The molecule has 2 aromatic carbocycles. The van der Waals surface area contributed by atoms with E-state index in [0.717, 1.165) is 5.56 Å². The van der Waals surface area contributed by atoms with Gasteiger partial charge < -0.3 is 15.6 Å². The van der Waals surface area contributed by atoms with Gasteiger partial charge in [0.1, 0.15) is 5.75 Å². The summed E-state index contributed by atoms with van der Waals surface area (Å²) in [6.45, 7) is -0.0858. The fraction of sp³-hybridized carbons (Fsp3) is 0.118. The number of methoxy groups -OCH3 is 1. The molecular formula is C17H17NO3. The van der Waals surface area contributed by atoms with Crippen LogP contribution >= 0.6 is 0 Å². The first-order chi connectivity index (χ1) is 10.1. The van der Waals surface area contributed by atoms with Crippen LogP contribution < -0.4 is 10.5 Å². The monoisotopic (exact) mass is 283 g/mol. The molecular weight excluding hydrogens is 266 g/mol. The number of anilines is 1. The van der Waals surface area contributed by atoms with Gasteiger partial charge in [0.05, 0.1) is 13.7 Å². The molecule has 0 spiro atoms. The highest BCUT2D eigenvalue weighted by Gasteiger charge is 2.03. The Morgan fingerprint density at radius 1 is 1.24 bits per heavy atom. The molecule has 0 radical (unpaired) electrons. The number of rotatable bonds is 5.